The molecule has 1 unspecified atom stereocenters. The minimum atomic E-state index is -1.40. The van der Waals surface area contributed by atoms with E-state index in [1.165, 1.54) is 6.42 Å². The fourth-order valence-corrected chi connectivity index (χ4v) is 3.82. The number of carbonyl (C=O) groups excluding carboxylic acids is 1. The van der Waals surface area contributed by atoms with Crippen molar-refractivity contribution in [3.63, 3.8) is 0 Å². The molecular weight excluding hydrogens is 266 g/mol. The van der Waals surface area contributed by atoms with Crippen molar-refractivity contribution in [3.05, 3.63) is 22.8 Å². The summed E-state index contributed by atoms with van der Waals surface area (Å²) >= 11 is 0. The van der Waals surface area contributed by atoms with Crippen LogP contribution in [0.5, 0.6) is 5.75 Å². The molecule has 1 saturated carbocycles. The summed E-state index contributed by atoms with van der Waals surface area (Å²) in [5.74, 6) is 0.455. The van der Waals surface area contributed by atoms with Crippen LogP contribution >= 0.6 is 0 Å². The lowest BCUT2D eigenvalue weighted by atomic mass is 9.73. The van der Waals surface area contributed by atoms with Crippen molar-refractivity contribution in [1.29, 1.82) is 0 Å². The molecule has 1 aromatic carbocycles. The Balaban J connectivity index is 2.14. The number of anilines is 1. The minimum Gasteiger partial charge on any atom is -0.496 e. The molecule has 0 saturated heterocycles. The lowest BCUT2D eigenvalue weighted by Crippen LogP contribution is -2.42. The second kappa shape index (κ2) is 5.02. The molecule has 2 aliphatic rings. The molecule has 0 aromatic heterocycles. The predicted molar refractivity (Wildman–Crippen MR) is 81.6 cm³/mol. The van der Waals surface area contributed by atoms with Crippen LogP contribution in [-0.2, 0) is 10.4 Å². The first kappa shape index (κ1) is 14.4. The fourth-order valence-electron chi connectivity index (χ4n) is 3.82. The summed E-state index contributed by atoms with van der Waals surface area (Å²) in [6, 6.07) is 1.84. The van der Waals surface area contributed by atoms with E-state index in [-0.39, 0.29) is 11.8 Å². The van der Waals surface area contributed by atoms with Gasteiger partial charge in [-0.25, -0.2) is 0 Å². The van der Waals surface area contributed by atoms with Gasteiger partial charge in [0.25, 0.3) is 5.91 Å². The molecule has 4 heteroatoms. The van der Waals surface area contributed by atoms with E-state index in [9.17, 15) is 9.90 Å². The molecule has 1 atom stereocenters. The number of fused-ring (bicyclic) bond motifs is 1. The molecule has 0 bridgehead atoms. The van der Waals surface area contributed by atoms with Gasteiger partial charge in [-0.3, -0.25) is 4.79 Å². The lowest BCUT2D eigenvalue weighted by Gasteiger charge is -2.34. The molecule has 1 aliphatic heterocycles. The molecule has 114 valence electrons. The van der Waals surface area contributed by atoms with E-state index in [0.717, 1.165) is 48.2 Å². The van der Waals surface area contributed by atoms with Crippen molar-refractivity contribution < 1.29 is 14.6 Å². The SMILES string of the molecule is COc1cc2c(c(C)c1C)NC(=O)C2(O)C1CCCCC1. The molecule has 1 heterocycles. The number of carbonyl (C=O) groups is 1. The molecule has 3 rings (SSSR count). The van der Waals surface area contributed by atoms with Gasteiger partial charge in [0.1, 0.15) is 5.75 Å². The summed E-state index contributed by atoms with van der Waals surface area (Å²) < 4.78 is 5.42. The smallest absolute Gasteiger partial charge is 0.261 e. The Morgan fingerprint density at radius 1 is 1.24 bits per heavy atom. The number of amides is 1. The number of rotatable bonds is 2. The van der Waals surface area contributed by atoms with Crippen LogP contribution < -0.4 is 10.1 Å². The van der Waals surface area contributed by atoms with Crippen LogP contribution in [0.3, 0.4) is 0 Å². The monoisotopic (exact) mass is 289 g/mol. The zero-order valence-electron chi connectivity index (χ0n) is 13.0. The van der Waals surface area contributed by atoms with Gasteiger partial charge in [0.2, 0.25) is 0 Å². The first-order valence-corrected chi connectivity index (χ1v) is 7.72. The number of hydrogen-bond donors (Lipinski definition) is 2. The van der Waals surface area contributed by atoms with Crippen LogP contribution in [0.15, 0.2) is 6.07 Å². The Hall–Kier alpha value is -1.55. The number of methoxy groups -OCH3 is 1. The Morgan fingerprint density at radius 2 is 1.90 bits per heavy atom. The highest BCUT2D eigenvalue weighted by Crippen LogP contribution is 2.49. The van der Waals surface area contributed by atoms with Gasteiger partial charge in [-0.05, 0) is 43.9 Å². The highest BCUT2D eigenvalue weighted by molar-refractivity contribution is 6.06. The molecule has 1 aliphatic carbocycles. The zero-order valence-corrected chi connectivity index (χ0v) is 13.0. The summed E-state index contributed by atoms with van der Waals surface area (Å²) in [6.07, 6.45) is 5.16. The van der Waals surface area contributed by atoms with Crippen molar-refractivity contribution in [2.24, 2.45) is 5.92 Å². The Labute approximate surface area is 125 Å². The second-order valence-electron chi connectivity index (χ2n) is 6.31. The number of benzene rings is 1. The van der Waals surface area contributed by atoms with Crippen LogP contribution in [0.4, 0.5) is 5.69 Å². The number of nitrogens with one attached hydrogen (secondary N) is 1. The zero-order chi connectivity index (χ0) is 15.2. The van der Waals surface area contributed by atoms with E-state index in [0.29, 0.717) is 5.56 Å². The van der Waals surface area contributed by atoms with Gasteiger partial charge in [-0.15, -0.1) is 0 Å². The summed E-state index contributed by atoms with van der Waals surface area (Å²) in [5, 5.41) is 14.1. The molecular formula is C17H23NO3. The average Bonchev–Trinajstić information content (AvgIpc) is 2.77. The van der Waals surface area contributed by atoms with E-state index in [1.54, 1.807) is 7.11 Å². The highest BCUT2D eigenvalue weighted by Gasteiger charge is 2.51. The molecule has 1 fully saturated rings. The van der Waals surface area contributed by atoms with E-state index in [1.807, 2.05) is 19.9 Å². The highest BCUT2D eigenvalue weighted by atomic mass is 16.5. The van der Waals surface area contributed by atoms with Crippen molar-refractivity contribution >= 4 is 11.6 Å². The molecule has 0 spiro atoms. The third kappa shape index (κ3) is 1.96. The number of ether oxygens (including phenoxy) is 1. The van der Waals surface area contributed by atoms with Gasteiger partial charge in [0, 0.05) is 11.5 Å². The van der Waals surface area contributed by atoms with Crippen molar-refractivity contribution in [2.75, 3.05) is 12.4 Å². The normalized spacial score (nSPS) is 25.6. The van der Waals surface area contributed by atoms with Gasteiger partial charge in [-0.2, -0.15) is 0 Å². The Kier molecular flexibility index (Phi) is 3.44. The van der Waals surface area contributed by atoms with Crippen LogP contribution in [-0.4, -0.2) is 18.1 Å². The van der Waals surface area contributed by atoms with Crippen LogP contribution in [0.2, 0.25) is 0 Å². The largest absolute Gasteiger partial charge is 0.496 e. The molecule has 2 N–H and O–H groups in total. The number of aliphatic hydroxyl groups is 1. The second-order valence-corrected chi connectivity index (χ2v) is 6.31. The quantitative estimate of drug-likeness (QED) is 0.880. The van der Waals surface area contributed by atoms with Gasteiger partial charge >= 0.3 is 0 Å². The maximum atomic E-state index is 12.5. The fraction of sp³-hybridized carbons (Fsp3) is 0.588. The third-order valence-corrected chi connectivity index (χ3v) is 5.26. The van der Waals surface area contributed by atoms with Gasteiger partial charge in [-0.1, -0.05) is 19.3 Å². The summed E-state index contributed by atoms with van der Waals surface area (Å²) in [5.41, 5.74) is 2.04. The topological polar surface area (TPSA) is 58.6 Å². The van der Waals surface area contributed by atoms with Crippen LogP contribution in [0.1, 0.15) is 48.8 Å². The van der Waals surface area contributed by atoms with Crippen molar-refractivity contribution in [3.8, 4) is 5.75 Å². The summed E-state index contributed by atoms with van der Waals surface area (Å²) in [4.78, 5) is 12.5. The maximum absolute atomic E-state index is 12.5. The molecule has 0 radical (unpaired) electrons. The standard InChI is InChI=1S/C17H23NO3/c1-10-11(2)15-13(9-14(10)21-3)17(20,16(19)18-15)12-7-5-4-6-8-12/h9,12,20H,4-8H2,1-3H3,(H,18,19). The first-order chi connectivity index (χ1) is 10.00. The Morgan fingerprint density at radius 3 is 2.52 bits per heavy atom. The molecule has 21 heavy (non-hydrogen) atoms. The van der Waals surface area contributed by atoms with Gasteiger partial charge < -0.3 is 15.2 Å². The van der Waals surface area contributed by atoms with Gasteiger partial charge in [0.05, 0.1) is 12.8 Å². The van der Waals surface area contributed by atoms with E-state index >= 15 is 0 Å². The third-order valence-electron chi connectivity index (χ3n) is 5.26. The maximum Gasteiger partial charge on any atom is 0.261 e. The van der Waals surface area contributed by atoms with E-state index in [2.05, 4.69) is 5.32 Å². The van der Waals surface area contributed by atoms with Gasteiger partial charge in [0.15, 0.2) is 5.60 Å². The summed E-state index contributed by atoms with van der Waals surface area (Å²) in [7, 11) is 1.62. The van der Waals surface area contributed by atoms with Crippen molar-refractivity contribution in [1.82, 2.24) is 0 Å². The van der Waals surface area contributed by atoms with E-state index in [4.69, 9.17) is 4.74 Å². The average molecular weight is 289 g/mol. The van der Waals surface area contributed by atoms with Crippen LogP contribution in [0.25, 0.3) is 0 Å². The number of hydrogen-bond acceptors (Lipinski definition) is 3. The molecule has 1 aromatic rings. The lowest BCUT2D eigenvalue weighted by molar-refractivity contribution is -0.141. The molecule has 1 amide bonds. The Bertz CT molecular complexity index is 590. The van der Waals surface area contributed by atoms with Crippen molar-refractivity contribution in [2.45, 2.75) is 51.6 Å². The first-order valence-electron chi connectivity index (χ1n) is 7.72. The van der Waals surface area contributed by atoms with Crippen LogP contribution in [0, 0.1) is 19.8 Å². The predicted octanol–water partition coefficient (Wildman–Crippen LogP) is 3.03. The minimum absolute atomic E-state index is 0.000637. The summed E-state index contributed by atoms with van der Waals surface area (Å²) in [6.45, 7) is 3.93. The van der Waals surface area contributed by atoms with E-state index < -0.39 is 5.60 Å². The molecule has 4 nitrogen and oxygen atoms in total.